The molecule has 0 N–H and O–H groups in total. The quantitative estimate of drug-likeness (QED) is 0.228. The summed E-state index contributed by atoms with van der Waals surface area (Å²) in [6.45, 7) is 2.35. The molecule has 0 radical (unpaired) electrons. The summed E-state index contributed by atoms with van der Waals surface area (Å²) >= 11 is 13.9. The van der Waals surface area contributed by atoms with Crippen LogP contribution in [0.3, 0.4) is 0 Å². The molecule has 6 rings (SSSR count). The number of hydrogen-bond acceptors (Lipinski definition) is 6. The van der Waals surface area contributed by atoms with E-state index in [1.165, 1.54) is 30.1 Å². The van der Waals surface area contributed by atoms with E-state index >= 15 is 0 Å². The summed E-state index contributed by atoms with van der Waals surface area (Å²) in [6.07, 6.45) is 3.91. The molecule has 212 valence electrons. The van der Waals surface area contributed by atoms with Gasteiger partial charge in [0.05, 0.1) is 30.0 Å². The topological polar surface area (TPSA) is 74.8 Å². The Balaban J connectivity index is 1.55. The van der Waals surface area contributed by atoms with Crippen molar-refractivity contribution in [3.05, 3.63) is 131 Å². The third-order valence-corrected chi connectivity index (χ3v) is 8.71. The molecular formula is C32H25Cl2N3O4S. The fourth-order valence-corrected chi connectivity index (χ4v) is 6.83. The van der Waals surface area contributed by atoms with Crippen LogP contribution in [-0.2, 0) is 16.1 Å². The molecule has 0 saturated carbocycles. The number of benzene rings is 3. The lowest BCUT2D eigenvalue weighted by molar-refractivity contribution is -0.136. The van der Waals surface area contributed by atoms with Gasteiger partial charge >= 0.3 is 5.97 Å². The first-order valence-electron chi connectivity index (χ1n) is 13.1. The number of esters is 1. The Labute approximate surface area is 255 Å². The summed E-state index contributed by atoms with van der Waals surface area (Å²) in [4.78, 5) is 32.3. The monoisotopic (exact) mass is 617 g/mol. The second-order valence-corrected chi connectivity index (χ2v) is 11.7. The van der Waals surface area contributed by atoms with Gasteiger partial charge in [0, 0.05) is 44.8 Å². The summed E-state index contributed by atoms with van der Waals surface area (Å²) in [5, 5.41) is 2.13. The number of thiazole rings is 1. The maximum absolute atomic E-state index is 14.1. The number of methoxy groups -OCH3 is 2. The van der Waals surface area contributed by atoms with Crippen LogP contribution in [0.2, 0.25) is 10.0 Å². The Hall–Kier alpha value is -4.11. The zero-order valence-electron chi connectivity index (χ0n) is 22.9. The number of aromatic nitrogens is 2. The van der Waals surface area contributed by atoms with Crippen molar-refractivity contribution >= 4 is 57.5 Å². The first kappa shape index (κ1) is 28.0. The molecule has 7 nitrogen and oxygen atoms in total. The van der Waals surface area contributed by atoms with Crippen molar-refractivity contribution in [1.29, 1.82) is 0 Å². The fraction of sp³-hybridized carbons (Fsp3) is 0.156. The smallest absolute Gasteiger partial charge is 0.338 e. The lowest BCUT2D eigenvalue weighted by atomic mass is 9.95. The van der Waals surface area contributed by atoms with Crippen molar-refractivity contribution in [3.63, 3.8) is 0 Å². The van der Waals surface area contributed by atoms with Gasteiger partial charge in [0.25, 0.3) is 5.56 Å². The second kappa shape index (κ2) is 11.3. The molecule has 0 amide bonds. The molecule has 2 aromatic heterocycles. The van der Waals surface area contributed by atoms with Gasteiger partial charge < -0.3 is 14.0 Å². The molecule has 42 heavy (non-hydrogen) atoms. The number of hydrogen-bond donors (Lipinski definition) is 0. The summed E-state index contributed by atoms with van der Waals surface area (Å²) in [6, 6.07) is 20.1. The molecule has 0 spiro atoms. The summed E-state index contributed by atoms with van der Waals surface area (Å²) < 4.78 is 14.9. The van der Waals surface area contributed by atoms with Crippen LogP contribution in [0.25, 0.3) is 17.0 Å². The number of allylic oxidation sites excluding steroid dienone is 1. The fourth-order valence-electron chi connectivity index (χ4n) is 5.40. The summed E-state index contributed by atoms with van der Waals surface area (Å²) in [7, 11) is 2.84. The van der Waals surface area contributed by atoms with E-state index < -0.39 is 12.0 Å². The molecule has 10 heteroatoms. The molecule has 0 unspecified atom stereocenters. The maximum Gasteiger partial charge on any atom is 0.338 e. The van der Waals surface area contributed by atoms with E-state index in [1.807, 2.05) is 54.7 Å². The molecule has 5 aromatic rings. The average Bonchev–Trinajstić information content (AvgIpc) is 3.48. The van der Waals surface area contributed by atoms with Gasteiger partial charge in [0.2, 0.25) is 0 Å². The summed E-state index contributed by atoms with van der Waals surface area (Å²) in [5.74, 6) is -0.0965. The maximum atomic E-state index is 14.1. The SMILES string of the molecule is COC(=O)C1=C(C)N=c2s/c(=C\c3cn(Cc4cccc(Cl)c4)c4ccccc34)c(=O)n2[C@@H]1c1cc(Cl)ccc1OC. The predicted molar refractivity (Wildman–Crippen MR) is 166 cm³/mol. The predicted octanol–water partition coefficient (Wildman–Crippen LogP) is 5.73. The molecule has 3 aromatic carbocycles. The highest BCUT2D eigenvalue weighted by Gasteiger charge is 2.35. The van der Waals surface area contributed by atoms with E-state index in [2.05, 4.69) is 15.6 Å². The molecule has 1 aliphatic heterocycles. The molecule has 0 aliphatic carbocycles. The zero-order chi connectivity index (χ0) is 29.5. The third-order valence-electron chi connectivity index (χ3n) is 7.26. The van der Waals surface area contributed by atoms with Crippen LogP contribution in [0.1, 0.15) is 29.7 Å². The van der Waals surface area contributed by atoms with Gasteiger partial charge in [0.1, 0.15) is 11.8 Å². The van der Waals surface area contributed by atoms with Crippen molar-refractivity contribution < 1.29 is 14.3 Å². The van der Waals surface area contributed by atoms with Crippen molar-refractivity contribution in [3.8, 4) is 5.75 Å². The molecule has 3 heterocycles. The highest BCUT2D eigenvalue weighted by Crippen LogP contribution is 2.37. The van der Waals surface area contributed by atoms with E-state index in [9.17, 15) is 9.59 Å². The molecule has 1 aliphatic rings. The van der Waals surface area contributed by atoms with E-state index in [1.54, 1.807) is 25.1 Å². The number of fused-ring (bicyclic) bond motifs is 2. The highest BCUT2D eigenvalue weighted by atomic mass is 35.5. The van der Waals surface area contributed by atoms with Gasteiger partial charge in [-0.25, -0.2) is 9.79 Å². The zero-order valence-corrected chi connectivity index (χ0v) is 25.3. The Kier molecular flexibility index (Phi) is 7.53. The first-order valence-corrected chi connectivity index (χ1v) is 14.6. The van der Waals surface area contributed by atoms with Crippen LogP contribution in [-0.4, -0.2) is 29.3 Å². The van der Waals surface area contributed by atoms with Gasteiger partial charge in [-0.15, -0.1) is 0 Å². The van der Waals surface area contributed by atoms with Crippen LogP contribution < -0.4 is 19.6 Å². The van der Waals surface area contributed by atoms with Crippen molar-refractivity contribution in [2.24, 2.45) is 4.99 Å². The first-order chi connectivity index (χ1) is 20.3. The number of para-hydroxylation sites is 1. The molecule has 0 bridgehead atoms. The number of nitrogens with zero attached hydrogens (tertiary/aromatic N) is 3. The summed E-state index contributed by atoms with van der Waals surface area (Å²) in [5.41, 5.74) is 3.96. The standard InChI is InChI=1S/C32H25Cl2N3O4S/c1-18-28(31(39)41-3)29(24-15-22(34)11-12-26(24)40-2)37-30(38)27(42-32(37)35-18)14-20-17-36(25-10-5-4-9-23(20)25)16-19-7-6-8-21(33)13-19/h4-15,17,29H,16H2,1-3H3/b27-14-/t29-/m1/s1. The van der Waals surface area contributed by atoms with Crippen molar-refractivity contribution in [2.45, 2.75) is 19.5 Å². The van der Waals surface area contributed by atoms with Gasteiger partial charge in [0.15, 0.2) is 4.80 Å². The van der Waals surface area contributed by atoms with Crippen molar-refractivity contribution in [1.82, 2.24) is 9.13 Å². The lowest BCUT2D eigenvalue weighted by Gasteiger charge is -2.25. The average molecular weight is 619 g/mol. The van der Waals surface area contributed by atoms with E-state index in [0.29, 0.717) is 42.9 Å². The Bertz CT molecular complexity index is 2090. The second-order valence-electron chi connectivity index (χ2n) is 9.82. The Morgan fingerprint density at radius 1 is 1.05 bits per heavy atom. The molecular weight excluding hydrogens is 593 g/mol. The Morgan fingerprint density at radius 2 is 1.83 bits per heavy atom. The normalized spacial score (nSPS) is 15.1. The minimum absolute atomic E-state index is 0.246. The number of rotatable bonds is 6. The van der Waals surface area contributed by atoms with Crippen LogP contribution in [0, 0.1) is 0 Å². The molecule has 0 saturated heterocycles. The highest BCUT2D eigenvalue weighted by molar-refractivity contribution is 7.07. The van der Waals surface area contributed by atoms with E-state index in [-0.39, 0.29) is 11.1 Å². The van der Waals surface area contributed by atoms with Crippen LogP contribution >= 0.6 is 34.5 Å². The largest absolute Gasteiger partial charge is 0.496 e. The third kappa shape index (κ3) is 4.96. The minimum Gasteiger partial charge on any atom is -0.496 e. The van der Waals surface area contributed by atoms with Crippen molar-refractivity contribution in [2.75, 3.05) is 14.2 Å². The number of carbonyl (C=O) groups is 1. The Morgan fingerprint density at radius 3 is 2.60 bits per heavy atom. The number of ether oxygens (including phenoxy) is 2. The minimum atomic E-state index is -0.839. The molecule has 0 fully saturated rings. The lowest BCUT2D eigenvalue weighted by Crippen LogP contribution is -2.40. The van der Waals surface area contributed by atoms with Crippen LogP contribution in [0.15, 0.2) is 94.0 Å². The van der Waals surface area contributed by atoms with Gasteiger partial charge in [-0.3, -0.25) is 9.36 Å². The van der Waals surface area contributed by atoms with Crippen LogP contribution in [0.5, 0.6) is 5.75 Å². The van der Waals surface area contributed by atoms with E-state index in [0.717, 1.165) is 22.0 Å². The van der Waals surface area contributed by atoms with Gasteiger partial charge in [-0.1, -0.05) is 64.9 Å². The van der Waals surface area contributed by atoms with E-state index in [4.69, 9.17) is 32.7 Å². The van der Waals surface area contributed by atoms with Gasteiger partial charge in [-0.2, -0.15) is 0 Å². The number of carbonyl (C=O) groups excluding carboxylic acids is 1. The number of halogens is 2. The molecule has 1 atom stereocenters. The van der Waals surface area contributed by atoms with Crippen LogP contribution in [0.4, 0.5) is 0 Å². The van der Waals surface area contributed by atoms with Gasteiger partial charge in [-0.05, 0) is 55.0 Å².